The van der Waals surface area contributed by atoms with Crippen molar-refractivity contribution in [3.05, 3.63) is 70.0 Å². The van der Waals surface area contributed by atoms with Crippen molar-refractivity contribution < 1.29 is 13.9 Å². The van der Waals surface area contributed by atoms with Gasteiger partial charge in [-0.2, -0.15) is 0 Å². The fraction of sp³-hybridized carbons (Fsp3) is 0.118. The summed E-state index contributed by atoms with van der Waals surface area (Å²) in [5.41, 5.74) is 1.60. The number of rotatable bonds is 5. The summed E-state index contributed by atoms with van der Waals surface area (Å²) >= 11 is 4.26. The summed E-state index contributed by atoms with van der Waals surface area (Å²) in [6, 6.07) is 14.7. The van der Waals surface area contributed by atoms with Crippen LogP contribution in [0.3, 0.4) is 0 Å². The molecule has 0 atom stereocenters. The highest BCUT2D eigenvalue weighted by Gasteiger charge is 2.14. The lowest BCUT2D eigenvalue weighted by atomic mass is 10.1. The van der Waals surface area contributed by atoms with E-state index in [1.54, 1.807) is 19.2 Å². The monoisotopic (exact) mass is 404 g/mol. The van der Waals surface area contributed by atoms with E-state index in [0.717, 1.165) is 27.5 Å². The molecule has 5 nitrogen and oxygen atoms in total. The van der Waals surface area contributed by atoms with Crippen LogP contribution >= 0.6 is 27.7 Å². The maximum Gasteiger partial charge on any atom is 0.284 e. The molecule has 24 heavy (non-hydrogen) atoms. The molecule has 0 unspecified atom stereocenters. The predicted molar refractivity (Wildman–Crippen MR) is 94.4 cm³/mol. The van der Waals surface area contributed by atoms with E-state index < -0.39 is 0 Å². The van der Waals surface area contributed by atoms with Gasteiger partial charge in [-0.3, -0.25) is 4.79 Å². The Hall–Kier alpha value is -2.12. The van der Waals surface area contributed by atoms with Crippen LogP contribution in [0.1, 0.15) is 21.8 Å². The normalized spacial score (nSPS) is 10.6. The van der Waals surface area contributed by atoms with Gasteiger partial charge in [0.05, 0.1) is 13.5 Å². The molecule has 3 aromatic rings. The molecule has 0 saturated carbocycles. The van der Waals surface area contributed by atoms with Crippen molar-refractivity contribution in [3.8, 4) is 5.75 Å². The van der Waals surface area contributed by atoms with Crippen LogP contribution in [0, 0.1) is 0 Å². The van der Waals surface area contributed by atoms with Gasteiger partial charge in [-0.1, -0.05) is 28.1 Å². The number of halogens is 1. The van der Waals surface area contributed by atoms with Gasteiger partial charge in [0.1, 0.15) is 5.75 Å². The third-order valence-corrected chi connectivity index (χ3v) is 4.51. The van der Waals surface area contributed by atoms with E-state index in [0.29, 0.717) is 17.9 Å². The summed E-state index contributed by atoms with van der Waals surface area (Å²) in [5, 5.41) is 8.01. The zero-order valence-electron chi connectivity index (χ0n) is 12.7. The zero-order chi connectivity index (χ0) is 16.9. The number of aromatic nitrogens is 2. The lowest BCUT2D eigenvalue weighted by Gasteiger charge is -2.00. The van der Waals surface area contributed by atoms with Crippen molar-refractivity contribution in [1.82, 2.24) is 10.2 Å². The smallest absolute Gasteiger partial charge is 0.284 e. The number of methoxy groups -OCH3 is 1. The first-order valence-electron chi connectivity index (χ1n) is 7.07. The molecule has 0 saturated heterocycles. The van der Waals surface area contributed by atoms with Gasteiger partial charge >= 0.3 is 0 Å². The molecule has 0 radical (unpaired) electrons. The van der Waals surface area contributed by atoms with Crippen LogP contribution in [0.25, 0.3) is 0 Å². The Balaban J connectivity index is 1.64. The molecule has 122 valence electrons. The highest BCUT2D eigenvalue weighted by Crippen LogP contribution is 2.23. The van der Waals surface area contributed by atoms with Gasteiger partial charge in [0, 0.05) is 21.8 Å². The van der Waals surface area contributed by atoms with E-state index in [1.807, 2.05) is 36.4 Å². The molecule has 0 fully saturated rings. The van der Waals surface area contributed by atoms with Gasteiger partial charge in [0.15, 0.2) is 0 Å². The first-order valence-corrected chi connectivity index (χ1v) is 8.68. The van der Waals surface area contributed by atoms with E-state index >= 15 is 0 Å². The highest BCUT2D eigenvalue weighted by molar-refractivity contribution is 9.10. The maximum absolute atomic E-state index is 12.2. The van der Waals surface area contributed by atoms with Gasteiger partial charge in [-0.25, -0.2) is 0 Å². The molecule has 3 rings (SSSR count). The third-order valence-electron chi connectivity index (χ3n) is 3.22. The number of ether oxygens (including phenoxy) is 1. The standard InChI is InChI=1S/C17H13BrN2O3S/c1-22-14-8-2-11(3-9-14)10-15-19-20-17(23-15)24-16(21)12-4-6-13(18)7-5-12/h2-9H,10H2,1H3. The van der Waals surface area contributed by atoms with E-state index in [-0.39, 0.29) is 10.3 Å². The van der Waals surface area contributed by atoms with Crippen LogP contribution in [0.15, 0.2) is 62.6 Å². The molecule has 1 heterocycles. The number of carbonyl (C=O) groups excluding carboxylic acids is 1. The second-order valence-electron chi connectivity index (χ2n) is 4.88. The average Bonchev–Trinajstić information content (AvgIpc) is 3.03. The van der Waals surface area contributed by atoms with E-state index in [1.165, 1.54) is 0 Å². The quantitative estimate of drug-likeness (QED) is 0.588. The fourth-order valence-corrected chi connectivity index (χ4v) is 2.89. The molecule has 0 N–H and O–H groups in total. The topological polar surface area (TPSA) is 65.2 Å². The van der Waals surface area contributed by atoms with Crippen LogP contribution in [0.4, 0.5) is 0 Å². The van der Waals surface area contributed by atoms with Crippen LogP contribution in [-0.2, 0) is 6.42 Å². The number of carbonyl (C=O) groups is 1. The molecule has 0 aliphatic carbocycles. The molecule has 0 aliphatic heterocycles. The third kappa shape index (κ3) is 4.24. The Morgan fingerprint density at radius 3 is 2.50 bits per heavy atom. The number of thioether (sulfide) groups is 1. The Kier molecular flexibility index (Phi) is 5.32. The van der Waals surface area contributed by atoms with Crippen LogP contribution in [-0.4, -0.2) is 22.4 Å². The molecule has 7 heteroatoms. The largest absolute Gasteiger partial charge is 0.497 e. The molecule has 0 bridgehead atoms. The first-order chi connectivity index (χ1) is 11.6. The number of hydrogen-bond donors (Lipinski definition) is 0. The number of nitrogens with zero attached hydrogens (tertiary/aromatic N) is 2. The van der Waals surface area contributed by atoms with Gasteiger partial charge in [-0.05, 0) is 42.0 Å². The van der Waals surface area contributed by atoms with Crippen molar-refractivity contribution in [1.29, 1.82) is 0 Å². The Bertz CT molecular complexity index is 832. The number of hydrogen-bond acceptors (Lipinski definition) is 6. The Labute approximate surface area is 151 Å². The van der Waals surface area contributed by atoms with Crippen molar-refractivity contribution in [2.75, 3.05) is 7.11 Å². The minimum absolute atomic E-state index is 0.137. The van der Waals surface area contributed by atoms with E-state index in [2.05, 4.69) is 26.1 Å². The lowest BCUT2D eigenvalue weighted by molar-refractivity contribution is 0.108. The van der Waals surface area contributed by atoms with Crippen molar-refractivity contribution >= 4 is 32.8 Å². The summed E-state index contributed by atoms with van der Waals surface area (Å²) in [6.07, 6.45) is 0.504. The average molecular weight is 405 g/mol. The Morgan fingerprint density at radius 1 is 1.12 bits per heavy atom. The van der Waals surface area contributed by atoms with Crippen LogP contribution in [0.2, 0.25) is 0 Å². The summed E-state index contributed by atoms with van der Waals surface area (Å²) in [4.78, 5) is 12.2. The van der Waals surface area contributed by atoms with Gasteiger partial charge in [-0.15, -0.1) is 10.2 Å². The van der Waals surface area contributed by atoms with Gasteiger partial charge in [0.25, 0.3) is 5.22 Å². The Morgan fingerprint density at radius 2 is 1.83 bits per heavy atom. The predicted octanol–water partition coefficient (Wildman–Crippen LogP) is 4.36. The lowest BCUT2D eigenvalue weighted by Crippen LogP contribution is -1.92. The second kappa shape index (κ2) is 7.63. The van der Waals surface area contributed by atoms with Crippen molar-refractivity contribution in [3.63, 3.8) is 0 Å². The van der Waals surface area contributed by atoms with Gasteiger partial charge in [0.2, 0.25) is 11.0 Å². The molecule has 2 aromatic carbocycles. The first kappa shape index (κ1) is 16.7. The molecule has 0 spiro atoms. The maximum atomic E-state index is 12.2. The summed E-state index contributed by atoms with van der Waals surface area (Å²) < 4.78 is 11.6. The molecule has 1 aromatic heterocycles. The number of benzene rings is 2. The zero-order valence-corrected chi connectivity index (χ0v) is 15.1. The summed E-state index contributed by atoms with van der Waals surface area (Å²) in [5.74, 6) is 1.26. The fourth-order valence-electron chi connectivity index (χ4n) is 1.99. The van der Waals surface area contributed by atoms with E-state index in [4.69, 9.17) is 9.15 Å². The minimum Gasteiger partial charge on any atom is -0.497 e. The molecular formula is C17H13BrN2O3S. The van der Waals surface area contributed by atoms with Crippen LogP contribution < -0.4 is 4.74 Å². The van der Waals surface area contributed by atoms with E-state index in [9.17, 15) is 4.79 Å². The van der Waals surface area contributed by atoms with Crippen molar-refractivity contribution in [2.45, 2.75) is 11.6 Å². The minimum atomic E-state index is -0.137. The molecule has 0 amide bonds. The summed E-state index contributed by atoms with van der Waals surface area (Å²) in [6.45, 7) is 0. The van der Waals surface area contributed by atoms with Crippen molar-refractivity contribution in [2.24, 2.45) is 0 Å². The SMILES string of the molecule is COc1ccc(Cc2nnc(SC(=O)c3ccc(Br)cc3)o2)cc1. The molecule has 0 aliphatic rings. The second-order valence-corrected chi connectivity index (χ2v) is 6.72. The molecular weight excluding hydrogens is 392 g/mol. The van der Waals surface area contributed by atoms with Gasteiger partial charge < -0.3 is 9.15 Å². The highest BCUT2D eigenvalue weighted by atomic mass is 79.9. The van der Waals surface area contributed by atoms with Crippen LogP contribution in [0.5, 0.6) is 5.75 Å². The summed E-state index contributed by atoms with van der Waals surface area (Å²) in [7, 11) is 1.62.